The Morgan fingerprint density at radius 3 is 2.19 bits per heavy atom. The molecule has 0 radical (unpaired) electrons. The fourth-order valence-corrected chi connectivity index (χ4v) is 4.12. The van der Waals surface area contributed by atoms with Crippen molar-refractivity contribution in [2.45, 2.75) is 12.5 Å². The molecule has 0 bridgehead atoms. The van der Waals surface area contributed by atoms with Crippen LogP contribution in [0.2, 0.25) is 0 Å². The van der Waals surface area contributed by atoms with Crippen LogP contribution in [-0.2, 0) is 14.3 Å². The van der Waals surface area contributed by atoms with E-state index in [0.717, 1.165) is 0 Å². The molecule has 1 aliphatic heterocycles. The van der Waals surface area contributed by atoms with Crippen LogP contribution >= 0.6 is 0 Å². The van der Waals surface area contributed by atoms with Gasteiger partial charge in [-0.2, -0.15) is 0 Å². The van der Waals surface area contributed by atoms with Gasteiger partial charge < -0.3 is 33.7 Å². The van der Waals surface area contributed by atoms with E-state index in [-0.39, 0.29) is 17.9 Å². The zero-order chi connectivity index (χ0) is 26.2. The highest BCUT2D eigenvalue weighted by Gasteiger charge is 2.46. The molecule has 1 saturated heterocycles. The number of ether oxygens (including phenoxy) is 5. The van der Waals surface area contributed by atoms with Crippen molar-refractivity contribution in [1.82, 2.24) is 4.90 Å². The highest BCUT2D eigenvalue weighted by molar-refractivity contribution is 6.46. The fraction of sp³-hybridized carbons (Fsp3) is 0.333. The Balaban J connectivity index is 2.16. The smallest absolute Gasteiger partial charge is 0.295 e. The normalized spacial score (nSPS) is 16.7. The van der Waals surface area contributed by atoms with Gasteiger partial charge in [0.2, 0.25) is 5.75 Å². The first-order chi connectivity index (χ1) is 17.4. The van der Waals surface area contributed by atoms with Crippen molar-refractivity contribution in [2.24, 2.45) is 0 Å². The Labute approximate surface area is 210 Å². The number of amides is 1. The van der Waals surface area contributed by atoms with E-state index in [1.807, 2.05) is 0 Å². The topological polar surface area (TPSA) is 104 Å². The molecule has 2 aromatic carbocycles. The summed E-state index contributed by atoms with van der Waals surface area (Å²) in [6, 6.07) is 9.04. The van der Waals surface area contributed by atoms with Crippen molar-refractivity contribution in [1.29, 1.82) is 0 Å². The molecular formula is C27H31NO8. The molecule has 1 fully saturated rings. The van der Waals surface area contributed by atoms with Gasteiger partial charge in [0.05, 0.1) is 32.9 Å². The largest absolute Gasteiger partial charge is 0.507 e. The van der Waals surface area contributed by atoms with E-state index in [4.69, 9.17) is 23.7 Å². The van der Waals surface area contributed by atoms with E-state index in [2.05, 4.69) is 6.58 Å². The zero-order valence-electron chi connectivity index (χ0n) is 20.9. The number of benzene rings is 2. The highest BCUT2D eigenvalue weighted by atomic mass is 16.5. The molecule has 1 amide bonds. The molecule has 0 aliphatic carbocycles. The van der Waals surface area contributed by atoms with Gasteiger partial charge in [0.25, 0.3) is 11.7 Å². The minimum Gasteiger partial charge on any atom is -0.507 e. The molecule has 1 atom stereocenters. The molecule has 2 aromatic rings. The number of likely N-dealkylation sites (tertiary alicyclic amines) is 1. The van der Waals surface area contributed by atoms with Crippen LogP contribution in [0.15, 0.2) is 54.6 Å². The summed E-state index contributed by atoms with van der Waals surface area (Å²) in [6.07, 6.45) is 2.12. The van der Waals surface area contributed by atoms with Crippen LogP contribution in [0.1, 0.15) is 23.6 Å². The molecule has 9 nitrogen and oxygen atoms in total. The Morgan fingerprint density at radius 1 is 1.03 bits per heavy atom. The van der Waals surface area contributed by atoms with Crippen LogP contribution in [-0.4, -0.2) is 69.9 Å². The number of carbonyl (C=O) groups excluding carboxylic acids is 2. The van der Waals surface area contributed by atoms with Gasteiger partial charge in [0, 0.05) is 25.8 Å². The molecule has 0 unspecified atom stereocenters. The lowest BCUT2D eigenvalue weighted by atomic mass is 9.94. The molecule has 36 heavy (non-hydrogen) atoms. The number of carbonyl (C=O) groups is 2. The second kappa shape index (κ2) is 12.1. The summed E-state index contributed by atoms with van der Waals surface area (Å²) in [5.41, 5.74) is 0.855. The SMILES string of the molecule is C=CCOc1ccc(/C(O)=C2\C(=O)C(=O)N(CCCOC)[C@@H]2c2cc(OC)c(OC)c(OC)c2)cc1. The van der Waals surface area contributed by atoms with Gasteiger partial charge in [0.15, 0.2) is 11.5 Å². The highest BCUT2D eigenvalue weighted by Crippen LogP contribution is 2.45. The van der Waals surface area contributed by atoms with Crippen LogP contribution in [0.4, 0.5) is 0 Å². The minimum atomic E-state index is -0.882. The summed E-state index contributed by atoms with van der Waals surface area (Å²) in [5.74, 6) is -0.122. The minimum absolute atomic E-state index is 0.0357. The third kappa shape index (κ3) is 5.31. The molecule has 0 aromatic heterocycles. The van der Waals surface area contributed by atoms with Crippen LogP contribution in [0.5, 0.6) is 23.0 Å². The molecular weight excluding hydrogens is 466 g/mol. The molecule has 1 N–H and O–H groups in total. The maximum Gasteiger partial charge on any atom is 0.295 e. The van der Waals surface area contributed by atoms with Gasteiger partial charge in [-0.05, 0) is 48.4 Å². The first kappa shape index (κ1) is 26.6. The van der Waals surface area contributed by atoms with Gasteiger partial charge >= 0.3 is 0 Å². The fourth-order valence-electron chi connectivity index (χ4n) is 4.12. The van der Waals surface area contributed by atoms with Gasteiger partial charge in [-0.1, -0.05) is 12.7 Å². The number of aliphatic hydroxyl groups is 1. The zero-order valence-corrected chi connectivity index (χ0v) is 20.9. The molecule has 0 saturated carbocycles. The second-order valence-electron chi connectivity index (χ2n) is 7.92. The number of rotatable bonds is 12. The number of methoxy groups -OCH3 is 4. The predicted octanol–water partition coefficient (Wildman–Crippen LogP) is 3.74. The third-order valence-electron chi connectivity index (χ3n) is 5.79. The number of aliphatic hydroxyl groups excluding tert-OH is 1. The average Bonchev–Trinajstić information content (AvgIpc) is 3.16. The second-order valence-corrected chi connectivity index (χ2v) is 7.92. The van der Waals surface area contributed by atoms with Crippen molar-refractivity contribution in [3.05, 3.63) is 65.8 Å². The van der Waals surface area contributed by atoms with Gasteiger partial charge in [-0.25, -0.2) is 0 Å². The van der Waals surface area contributed by atoms with E-state index < -0.39 is 17.7 Å². The molecule has 9 heteroatoms. The van der Waals surface area contributed by atoms with Crippen molar-refractivity contribution < 1.29 is 38.4 Å². The van der Waals surface area contributed by atoms with E-state index in [0.29, 0.717) is 53.8 Å². The summed E-state index contributed by atoms with van der Waals surface area (Å²) >= 11 is 0. The van der Waals surface area contributed by atoms with Gasteiger partial charge in [-0.15, -0.1) is 0 Å². The van der Waals surface area contributed by atoms with Crippen molar-refractivity contribution in [3.8, 4) is 23.0 Å². The Morgan fingerprint density at radius 2 is 1.67 bits per heavy atom. The number of hydrogen-bond donors (Lipinski definition) is 1. The van der Waals surface area contributed by atoms with Gasteiger partial charge in [0.1, 0.15) is 18.1 Å². The van der Waals surface area contributed by atoms with E-state index >= 15 is 0 Å². The monoisotopic (exact) mass is 497 g/mol. The number of Topliss-reactive ketones (excluding diaryl/α,β-unsaturated/α-hetero) is 1. The first-order valence-electron chi connectivity index (χ1n) is 11.3. The van der Waals surface area contributed by atoms with E-state index in [1.165, 1.54) is 26.2 Å². The summed E-state index contributed by atoms with van der Waals surface area (Å²) in [7, 11) is 6.01. The Bertz CT molecular complexity index is 1110. The molecule has 1 aliphatic rings. The van der Waals surface area contributed by atoms with Gasteiger partial charge in [-0.3, -0.25) is 9.59 Å². The Hall–Kier alpha value is -3.98. The Kier molecular flexibility index (Phi) is 8.97. The third-order valence-corrected chi connectivity index (χ3v) is 5.79. The first-order valence-corrected chi connectivity index (χ1v) is 11.3. The lowest BCUT2D eigenvalue weighted by Gasteiger charge is -2.26. The predicted molar refractivity (Wildman–Crippen MR) is 134 cm³/mol. The van der Waals surface area contributed by atoms with Crippen LogP contribution in [0.25, 0.3) is 5.76 Å². The average molecular weight is 498 g/mol. The molecule has 192 valence electrons. The van der Waals surface area contributed by atoms with Crippen LogP contribution in [0, 0.1) is 0 Å². The van der Waals surface area contributed by atoms with Crippen molar-refractivity contribution >= 4 is 17.4 Å². The van der Waals surface area contributed by atoms with Crippen molar-refractivity contribution in [3.63, 3.8) is 0 Å². The van der Waals surface area contributed by atoms with Crippen LogP contribution in [0.3, 0.4) is 0 Å². The quantitative estimate of drug-likeness (QED) is 0.156. The summed E-state index contributed by atoms with van der Waals surface area (Å²) in [6.45, 7) is 4.59. The summed E-state index contributed by atoms with van der Waals surface area (Å²) < 4.78 is 27.0. The standard InChI is InChI=1S/C27H31NO8/c1-6-13-36-19-10-8-17(9-11-19)24(29)22-23(28(12-7-14-32-2)27(31)25(22)30)18-15-20(33-3)26(35-5)21(16-18)34-4/h6,8-11,15-16,23,29H,1,7,12-14H2,2-5H3/b24-22+/t23-/m1/s1. The molecule has 1 heterocycles. The molecule has 0 spiro atoms. The summed E-state index contributed by atoms with van der Waals surface area (Å²) in [4.78, 5) is 27.8. The maximum atomic E-state index is 13.2. The van der Waals surface area contributed by atoms with Crippen LogP contribution < -0.4 is 18.9 Å². The van der Waals surface area contributed by atoms with Crippen molar-refractivity contribution in [2.75, 3.05) is 48.2 Å². The number of ketones is 1. The van der Waals surface area contributed by atoms with E-state index in [9.17, 15) is 14.7 Å². The maximum absolute atomic E-state index is 13.2. The number of hydrogen-bond acceptors (Lipinski definition) is 8. The summed E-state index contributed by atoms with van der Waals surface area (Å²) in [5, 5.41) is 11.3. The van der Waals surface area contributed by atoms with E-state index in [1.54, 1.807) is 49.6 Å². The lowest BCUT2D eigenvalue weighted by molar-refractivity contribution is -0.140. The number of nitrogens with zero attached hydrogens (tertiary/aromatic N) is 1. The molecule has 3 rings (SSSR count). The lowest BCUT2D eigenvalue weighted by Crippen LogP contribution is -2.31.